The molecule has 0 aliphatic carbocycles. The molecule has 5 heteroatoms. The van der Waals surface area contributed by atoms with Crippen molar-refractivity contribution in [3.8, 4) is 0 Å². The maximum atomic E-state index is 10.6. The number of aromatic nitrogens is 2. The van der Waals surface area contributed by atoms with Crippen molar-refractivity contribution in [1.82, 2.24) is 9.78 Å². The molecule has 0 fully saturated rings. The van der Waals surface area contributed by atoms with Crippen LogP contribution in [-0.4, -0.2) is 14.7 Å². The third-order valence-corrected chi connectivity index (χ3v) is 3.26. The molecule has 5 nitrogen and oxygen atoms in total. The molecule has 0 atom stereocenters. The molecule has 0 N–H and O–H groups in total. The number of hydrogen-bond donors (Lipinski definition) is 0. The van der Waals surface area contributed by atoms with Crippen molar-refractivity contribution < 1.29 is 4.92 Å². The minimum absolute atomic E-state index is 0.107. The fourth-order valence-electron chi connectivity index (χ4n) is 2.15. The lowest BCUT2D eigenvalue weighted by molar-refractivity contribution is -0.384. The first-order valence-electron chi connectivity index (χ1n) is 6.08. The molecule has 0 aliphatic heterocycles. The molecule has 1 heterocycles. The molecular formula is C14H16N3O2. The van der Waals surface area contributed by atoms with Crippen LogP contribution in [0.15, 0.2) is 24.3 Å². The standard InChI is InChI=1S/C14H16N3O2/c1-4-14-10(2)15-16(11(14)3)9-12-5-7-13(8-6-12)17(18)19/h5-8H,1,4,9H2,2-3H3. The molecule has 0 amide bonds. The van der Waals surface area contributed by atoms with Gasteiger partial charge in [-0.05, 0) is 38.3 Å². The number of nitrogens with zero attached hydrogens (tertiary/aromatic N) is 3. The van der Waals surface area contributed by atoms with Gasteiger partial charge in [-0.2, -0.15) is 5.10 Å². The molecule has 0 saturated carbocycles. The number of nitro groups is 1. The molecule has 1 aromatic carbocycles. The van der Waals surface area contributed by atoms with Gasteiger partial charge in [0.25, 0.3) is 5.69 Å². The number of hydrogen-bond acceptors (Lipinski definition) is 3. The van der Waals surface area contributed by atoms with Crippen LogP contribution in [-0.2, 0) is 13.0 Å². The summed E-state index contributed by atoms with van der Waals surface area (Å²) in [5.74, 6) is 0. The third-order valence-electron chi connectivity index (χ3n) is 3.26. The van der Waals surface area contributed by atoms with Crippen molar-refractivity contribution in [2.24, 2.45) is 0 Å². The molecule has 0 unspecified atom stereocenters. The average molecular weight is 258 g/mol. The fraction of sp³-hybridized carbons (Fsp3) is 0.286. The van der Waals surface area contributed by atoms with Crippen LogP contribution in [0, 0.1) is 30.9 Å². The monoisotopic (exact) mass is 258 g/mol. The van der Waals surface area contributed by atoms with Crippen molar-refractivity contribution in [2.75, 3.05) is 0 Å². The lowest BCUT2D eigenvalue weighted by Crippen LogP contribution is -2.04. The minimum atomic E-state index is -0.395. The molecule has 19 heavy (non-hydrogen) atoms. The zero-order valence-corrected chi connectivity index (χ0v) is 11.1. The summed E-state index contributed by atoms with van der Waals surface area (Å²) in [6.07, 6.45) is 0.720. The summed E-state index contributed by atoms with van der Waals surface area (Å²) in [5, 5.41) is 15.1. The number of rotatable bonds is 4. The van der Waals surface area contributed by atoms with Crippen LogP contribution in [0.4, 0.5) is 5.69 Å². The van der Waals surface area contributed by atoms with E-state index in [0.717, 1.165) is 23.4 Å². The van der Waals surface area contributed by atoms with Gasteiger partial charge < -0.3 is 0 Å². The Labute approximate surface area is 112 Å². The third kappa shape index (κ3) is 2.65. The lowest BCUT2D eigenvalue weighted by atomic mass is 10.1. The first-order valence-corrected chi connectivity index (χ1v) is 6.08. The van der Waals surface area contributed by atoms with Gasteiger partial charge >= 0.3 is 0 Å². The zero-order valence-electron chi connectivity index (χ0n) is 11.1. The quantitative estimate of drug-likeness (QED) is 0.625. The van der Waals surface area contributed by atoms with E-state index in [4.69, 9.17) is 0 Å². The van der Waals surface area contributed by atoms with Gasteiger partial charge in [0.05, 0.1) is 17.2 Å². The van der Waals surface area contributed by atoms with Gasteiger partial charge in [-0.1, -0.05) is 12.1 Å². The zero-order chi connectivity index (χ0) is 14.0. The minimum Gasteiger partial charge on any atom is -0.265 e. The lowest BCUT2D eigenvalue weighted by Gasteiger charge is -2.05. The molecule has 1 aromatic heterocycles. The van der Waals surface area contributed by atoms with Gasteiger partial charge in [0.1, 0.15) is 0 Å². The Bertz CT molecular complexity index is 600. The Morgan fingerprint density at radius 3 is 2.42 bits per heavy atom. The summed E-state index contributed by atoms with van der Waals surface area (Å²) in [7, 11) is 0. The first kappa shape index (κ1) is 13.3. The van der Waals surface area contributed by atoms with Crippen molar-refractivity contribution >= 4 is 5.69 Å². The highest BCUT2D eigenvalue weighted by Crippen LogP contribution is 2.17. The summed E-state index contributed by atoms with van der Waals surface area (Å²) in [4.78, 5) is 10.2. The van der Waals surface area contributed by atoms with Gasteiger partial charge in [0.2, 0.25) is 0 Å². The summed E-state index contributed by atoms with van der Waals surface area (Å²) in [5.41, 5.74) is 4.37. The Kier molecular flexibility index (Phi) is 3.64. The van der Waals surface area contributed by atoms with Gasteiger partial charge in [-0.15, -0.1) is 0 Å². The average Bonchev–Trinajstić information content (AvgIpc) is 2.64. The van der Waals surface area contributed by atoms with Gasteiger partial charge in [-0.25, -0.2) is 0 Å². The van der Waals surface area contributed by atoms with Crippen molar-refractivity contribution in [3.63, 3.8) is 0 Å². The maximum absolute atomic E-state index is 10.6. The molecule has 0 bridgehead atoms. The van der Waals surface area contributed by atoms with Crippen LogP contribution in [0.2, 0.25) is 0 Å². The second kappa shape index (κ2) is 5.22. The predicted molar refractivity (Wildman–Crippen MR) is 73.0 cm³/mol. The number of nitro benzene ring substituents is 1. The number of aryl methyl sites for hydroxylation is 1. The molecule has 0 saturated heterocycles. The van der Waals surface area contributed by atoms with Crippen molar-refractivity contribution in [2.45, 2.75) is 26.8 Å². The highest BCUT2D eigenvalue weighted by molar-refractivity contribution is 5.33. The summed E-state index contributed by atoms with van der Waals surface area (Å²) in [6, 6.07) is 6.56. The topological polar surface area (TPSA) is 61.0 Å². The predicted octanol–water partition coefficient (Wildman–Crippen LogP) is 2.83. The van der Waals surface area contributed by atoms with Crippen molar-refractivity contribution in [1.29, 1.82) is 0 Å². The van der Waals surface area contributed by atoms with E-state index in [0.29, 0.717) is 6.54 Å². The van der Waals surface area contributed by atoms with E-state index in [1.165, 1.54) is 17.7 Å². The molecule has 2 aromatic rings. The molecule has 0 spiro atoms. The van der Waals surface area contributed by atoms with Gasteiger partial charge in [-0.3, -0.25) is 14.8 Å². The number of benzene rings is 1. The van der Waals surface area contributed by atoms with E-state index in [1.54, 1.807) is 12.1 Å². The molecular weight excluding hydrogens is 242 g/mol. The van der Waals surface area contributed by atoms with Crippen LogP contribution in [0.3, 0.4) is 0 Å². The van der Waals surface area contributed by atoms with Gasteiger partial charge in [0.15, 0.2) is 0 Å². The van der Waals surface area contributed by atoms with Crippen LogP contribution in [0.25, 0.3) is 0 Å². The van der Waals surface area contributed by atoms with Crippen LogP contribution in [0.5, 0.6) is 0 Å². The SMILES string of the molecule is [CH2]Cc1c(C)nn(Cc2ccc([N+](=O)[O-])cc2)c1C. The Morgan fingerprint density at radius 1 is 1.32 bits per heavy atom. The summed E-state index contributed by atoms with van der Waals surface area (Å²) in [6.45, 7) is 8.51. The van der Waals surface area contributed by atoms with E-state index in [2.05, 4.69) is 12.0 Å². The van der Waals surface area contributed by atoms with Crippen molar-refractivity contribution in [3.05, 3.63) is 63.8 Å². The largest absolute Gasteiger partial charge is 0.269 e. The number of non-ortho nitro benzene ring substituents is 1. The molecule has 99 valence electrons. The summed E-state index contributed by atoms with van der Waals surface area (Å²) < 4.78 is 1.91. The van der Waals surface area contributed by atoms with Crippen LogP contribution >= 0.6 is 0 Å². The van der Waals surface area contributed by atoms with Crippen LogP contribution < -0.4 is 0 Å². The highest BCUT2D eigenvalue weighted by atomic mass is 16.6. The Morgan fingerprint density at radius 2 is 1.95 bits per heavy atom. The smallest absolute Gasteiger partial charge is 0.265 e. The van der Waals surface area contributed by atoms with E-state index in [-0.39, 0.29) is 5.69 Å². The Hall–Kier alpha value is -2.17. The highest BCUT2D eigenvalue weighted by Gasteiger charge is 2.10. The second-order valence-corrected chi connectivity index (χ2v) is 4.48. The summed E-state index contributed by atoms with van der Waals surface area (Å²) >= 11 is 0. The molecule has 2 rings (SSSR count). The van der Waals surface area contributed by atoms with Crippen LogP contribution in [0.1, 0.15) is 22.5 Å². The van der Waals surface area contributed by atoms with E-state index < -0.39 is 4.92 Å². The van der Waals surface area contributed by atoms with E-state index in [9.17, 15) is 10.1 Å². The second-order valence-electron chi connectivity index (χ2n) is 4.48. The van der Waals surface area contributed by atoms with E-state index in [1.807, 2.05) is 18.5 Å². The normalized spacial score (nSPS) is 10.7. The molecule has 0 aliphatic rings. The first-order chi connectivity index (χ1) is 9.02. The Balaban J connectivity index is 2.24. The van der Waals surface area contributed by atoms with E-state index >= 15 is 0 Å². The maximum Gasteiger partial charge on any atom is 0.269 e. The fourth-order valence-corrected chi connectivity index (χ4v) is 2.15. The van der Waals surface area contributed by atoms with Gasteiger partial charge in [0, 0.05) is 17.8 Å². The molecule has 1 radical (unpaired) electrons.